The van der Waals surface area contributed by atoms with Gasteiger partial charge in [-0.05, 0) is 32.1 Å². The number of halogens is 3. The standard InChI is InChI=1S/C18H31ClF2N6O/c1-10-16-13(6-7-26(10)14-8-22-24-18(28)15(14)19)27(25-23-16)9-11-4-2-3-5-12(11)17(20)21/h10-17,22-23,25H,2-9H2,1H3,(H,24,28)/t10-,11?,12?,13?,14?,15?,16?/m0/s1. The summed E-state index contributed by atoms with van der Waals surface area (Å²) < 4.78 is 26.9. The number of carbonyl (C=O) groups excluding carboxylic acids is 1. The Kier molecular flexibility index (Phi) is 6.39. The van der Waals surface area contributed by atoms with E-state index in [-0.39, 0.29) is 36.0 Å². The lowest BCUT2D eigenvalue weighted by atomic mass is 9.79. The van der Waals surface area contributed by atoms with E-state index in [1.807, 2.05) is 0 Å². The Bertz CT molecular complexity index is 572. The molecule has 4 fully saturated rings. The molecule has 3 aliphatic heterocycles. The third kappa shape index (κ3) is 3.89. The van der Waals surface area contributed by atoms with Crippen molar-refractivity contribution in [3.05, 3.63) is 0 Å². The van der Waals surface area contributed by atoms with E-state index in [1.54, 1.807) is 0 Å². The van der Waals surface area contributed by atoms with Gasteiger partial charge in [-0.1, -0.05) is 12.8 Å². The van der Waals surface area contributed by atoms with Crippen molar-refractivity contribution in [1.82, 2.24) is 31.7 Å². The number of hydrogen-bond acceptors (Lipinski definition) is 6. The van der Waals surface area contributed by atoms with Crippen molar-refractivity contribution in [2.24, 2.45) is 11.8 Å². The van der Waals surface area contributed by atoms with Gasteiger partial charge in [-0.3, -0.25) is 15.1 Å². The number of amides is 1. The first-order valence-electron chi connectivity index (χ1n) is 10.5. The molecule has 3 saturated heterocycles. The minimum Gasteiger partial charge on any atom is -0.293 e. The van der Waals surface area contributed by atoms with Gasteiger partial charge in [0.15, 0.2) is 0 Å². The summed E-state index contributed by atoms with van der Waals surface area (Å²) in [5, 5.41) is 1.56. The summed E-state index contributed by atoms with van der Waals surface area (Å²) in [5.74, 6) is -0.647. The van der Waals surface area contributed by atoms with Crippen LogP contribution in [0.15, 0.2) is 0 Å². The van der Waals surface area contributed by atoms with Gasteiger partial charge in [-0.25, -0.2) is 24.6 Å². The summed E-state index contributed by atoms with van der Waals surface area (Å²) in [6, 6.07) is 0.526. The molecular formula is C18H31ClF2N6O. The molecule has 0 radical (unpaired) electrons. The fraction of sp³-hybridized carbons (Fsp3) is 0.944. The van der Waals surface area contributed by atoms with Crippen molar-refractivity contribution in [2.45, 2.75) is 75.0 Å². The third-order valence-electron chi connectivity index (χ3n) is 7.18. The smallest absolute Gasteiger partial charge is 0.253 e. The topological polar surface area (TPSA) is 71.7 Å². The van der Waals surface area contributed by atoms with E-state index < -0.39 is 17.7 Å². The average molecular weight is 421 g/mol. The van der Waals surface area contributed by atoms with Gasteiger partial charge in [0.1, 0.15) is 5.38 Å². The molecule has 3 heterocycles. The second-order valence-electron chi connectivity index (χ2n) is 8.65. The molecule has 0 bridgehead atoms. The van der Waals surface area contributed by atoms with Crippen LogP contribution in [0.4, 0.5) is 8.78 Å². The van der Waals surface area contributed by atoms with Crippen LogP contribution in [0, 0.1) is 11.8 Å². The zero-order valence-electron chi connectivity index (χ0n) is 16.2. The van der Waals surface area contributed by atoms with E-state index in [9.17, 15) is 13.6 Å². The molecular weight excluding hydrogens is 390 g/mol. The van der Waals surface area contributed by atoms with Gasteiger partial charge in [-0.15, -0.1) is 11.6 Å². The molecule has 7 atom stereocenters. The Balaban J connectivity index is 1.39. The molecule has 6 unspecified atom stereocenters. The Morgan fingerprint density at radius 1 is 1.21 bits per heavy atom. The van der Waals surface area contributed by atoms with Crippen LogP contribution in [0.25, 0.3) is 0 Å². The maximum atomic E-state index is 13.5. The van der Waals surface area contributed by atoms with E-state index in [0.29, 0.717) is 19.5 Å². The molecule has 1 saturated carbocycles. The number of nitrogens with zero attached hydrogens (tertiary/aromatic N) is 2. The maximum absolute atomic E-state index is 13.5. The number of rotatable bonds is 4. The third-order valence-corrected chi connectivity index (χ3v) is 7.66. The van der Waals surface area contributed by atoms with Crippen LogP contribution in [0.1, 0.15) is 39.0 Å². The van der Waals surface area contributed by atoms with Gasteiger partial charge in [0.25, 0.3) is 5.91 Å². The number of likely N-dealkylation sites (tertiary alicyclic amines) is 1. The summed E-state index contributed by atoms with van der Waals surface area (Å²) in [5.41, 5.74) is 12.1. The molecule has 0 aromatic rings. The van der Waals surface area contributed by atoms with Crippen molar-refractivity contribution in [1.29, 1.82) is 0 Å². The van der Waals surface area contributed by atoms with Crippen LogP contribution in [0.2, 0.25) is 0 Å². The molecule has 4 aliphatic rings. The highest BCUT2D eigenvalue weighted by atomic mass is 35.5. The monoisotopic (exact) mass is 420 g/mol. The zero-order valence-corrected chi connectivity index (χ0v) is 17.0. The molecule has 1 amide bonds. The number of carbonyl (C=O) groups is 1. The molecule has 0 aromatic carbocycles. The van der Waals surface area contributed by atoms with Gasteiger partial charge in [-0.2, -0.15) is 5.53 Å². The molecule has 1 aliphatic carbocycles. The quantitative estimate of drug-likeness (QED) is 0.505. The lowest BCUT2D eigenvalue weighted by molar-refractivity contribution is -0.125. The minimum absolute atomic E-state index is 0.0357. The first-order valence-corrected chi connectivity index (χ1v) is 10.9. The van der Waals surface area contributed by atoms with Crippen LogP contribution < -0.4 is 21.8 Å². The molecule has 28 heavy (non-hydrogen) atoms. The summed E-state index contributed by atoms with van der Waals surface area (Å²) in [7, 11) is 0. The summed E-state index contributed by atoms with van der Waals surface area (Å²) in [4.78, 5) is 14.2. The van der Waals surface area contributed by atoms with Crippen molar-refractivity contribution >= 4 is 17.5 Å². The van der Waals surface area contributed by atoms with Gasteiger partial charge >= 0.3 is 0 Å². The normalized spacial score (nSPS) is 43.2. The van der Waals surface area contributed by atoms with Gasteiger partial charge < -0.3 is 0 Å². The number of piperidine rings is 1. The van der Waals surface area contributed by atoms with Gasteiger partial charge in [0.05, 0.1) is 6.04 Å². The Labute approximate surface area is 169 Å². The largest absolute Gasteiger partial charge is 0.293 e. The highest BCUT2D eigenvalue weighted by Gasteiger charge is 2.48. The highest BCUT2D eigenvalue weighted by molar-refractivity contribution is 6.31. The predicted octanol–water partition coefficient (Wildman–Crippen LogP) is 0.825. The fourth-order valence-corrected chi connectivity index (χ4v) is 5.86. The Hall–Kier alpha value is -0.580. The van der Waals surface area contributed by atoms with E-state index in [2.05, 4.69) is 38.6 Å². The van der Waals surface area contributed by atoms with Crippen LogP contribution in [0.5, 0.6) is 0 Å². The van der Waals surface area contributed by atoms with Crippen LogP contribution in [-0.4, -0.2) is 71.4 Å². The molecule has 4 rings (SSSR count). The first-order chi connectivity index (χ1) is 13.5. The lowest BCUT2D eigenvalue weighted by Crippen LogP contribution is -2.68. The SMILES string of the molecule is C[C@H]1C2NNN(CC3CCCCC3C(F)F)C2CCN1C1CNNC(=O)C1Cl. The van der Waals surface area contributed by atoms with Crippen molar-refractivity contribution in [3.8, 4) is 0 Å². The number of nitrogens with one attached hydrogen (secondary N) is 4. The molecule has 0 aromatic heterocycles. The molecule has 160 valence electrons. The second kappa shape index (κ2) is 8.65. The van der Waals surface area contributed by atoms with Gasteiger partial charge in [0.2, 0.25) is 6.43 Å². The van der Waals surface area contributed by atoms with E-state index in [1.165, 1.54) is 0 Å². The number of fused-ring (bicyclic) bond motifs is 1. The van der Waals surface area contributed by atoms with Gasteiger partial charge in [0, 0.05) is 43.7 Å². The number of hydrazine groups is 3. The summed E-state index contributed by atoms with van der Waals surface area (Å²) >= 11 is 6.37. The first kappa shape index (κ1) is 20.7. The number of alkyl halides is 3. The Morgan fingerprint density at radius 3 is 2.79 bits per heavy atom. The Morgan fingerprint density at radius 2 is 2.00 bits per heavy atom. The fourth-order valence-electron chi connectivity index (χ4n) is 5.57. The molecule has 7 nitrogen and oxygen atoms in total. The van der Waals surface area contributed by atoms with Crippen LogP contribution in [0.3, 0.4) is 0 Å². The molecule has 0 spiro atoms. The van der Waals surface area contributed by atoms with E-state index in [4.69, 9.17) is 11.6 Å². The van der Waals surface area contributed by atoms with E-state index in [0.717, 1.165) is 32.2 Å². The highest BCUT2D eigenvalue weighted by Crippen LogP contribution is 2.36. The predicted molar refractivity (Wildman–Crippen MR) is 102 cm³/mol. The average Bonchev–Trinajstić information content (AvgIpc) is 3.09. The maximum Gasteiger partial charge on any atom is 0.253 e. The van der Waals surface area contributed by atoms with E-state index >= 15 is 0 Å². The molecule has 4 N–H and O–H groups in total. The zero-order chi connectivity index (χ0) is 19.8. The van der Waals surface area contributed by atoms with Crippen LogP contribution in [-0.2, 0) is 4.79 Å². The van der Waals surface area contributed by atoms with Crippen molar-refractivity contribution in [3.63, 3.8) is 0 Å². The minimum atomic E-state index is -2.23. The lowest BCUT2D eigenvalue weighted by Gasteiger charge is -2.47. The summed E-state index contributed by atoms with van der Waals surface area (Å²) in [6.45, 7) is 4.24. The second-order valence-corrected chi connectivity index (χ2v) is 9.12. The van der Waals surface area contributed by atoms with Crippen LogP contribution >= 0.6 is 11.6 Å². The molecule has 10 heteroatoms. The summed E-state index contributed by atoms with van der Waals surface area (Å²) in [6.07, 6.45) is 2.14. The van der Waals surface area contributed by atoms with Crippen molar-refractivity contribution in [2.75, 3.05) is 19.6 Å². The number of hydrogen-bond donors (Lipinski definition) is 4. The van der Waals surface area contributed by atoms with Crippen molar-refractivity contribution < 1.29 is 13.6 Å².